The van der Waals surface area contributed by atoms with Gasteiger partial charge in [0.1, 0.15) is 10.6 Å². The Bertz CT molecular complexity index is 589. The van der Waals surface area contributed by atoms with Gasteiger partial charge in [0, 0.05) is 11.0 Å². The Morgan fingerprint density at radius 2 is 2.15 bits per heavy atom. The van der Waals surface area contributed by atoms with Crippen LogP contribution in [0.1, 0.15) is 6.92 Å². The molecule has 7 nitrogen and oxygen atoms in total. The molecular weight excluding hydrogens is 354 g/mol. The number of carbonyl (C=O) groups is 1. The van der Waals surface area contributed by atoms with Gasteiger partial charge < -0.3 is 14.9 Å². The molecule has 0 saturated carbocycles. The molecule has 112 valence electrons. The van der Waals surface area contributed by atoms with Crippen LogP contribution in [0.3, 0.4) is 0 Å². The number of rotatable bonds is 7. The zero-order chi connectivity index (χ0) is 15.3. The molecule has 1 aromatic carbocycles. The third-order valence-electron chi connectivity index (χ3n) is 2.25. The first-order chi connectivity index (χ1) is 9.27. The van der Waals surface area contributed by atoms with Crippen LogP contribution in [0.25, 0.3) is 0 Å². The largest absolute Gasteiger partial charge is 0.492 e. The Hall–Kier alpha value is -1.16. The van der Waals surface area contributed by atoms with Gasteiger partial charge in [-0.15, -0.1) is 0 Å². The maximum absolute atomic E-state index is 12.1. The summed E-state index contributed by atoms with van der Waals surface area (Å²) >= 11 is 3.15. The maximum atomic E-state index is 12.1. The van der Waals surface area contributed by atoms with Crippen molar-refractivity contribution in [2.75, 3.05) is 13.2 Å². The summed E-state index contributed by atoms with van der Waals surface area (Å²) in [5.41, 5.74) is 0. The number of ether oxygens (including phenoxy) is 1. The van der Waals surface area contributed by atoms with Gasteiger partial charge in [-0.25, -0.2) is 17.9 Å². The molecule has 1 rings (SSSR count). The van der Waals surface area contributed by atoms with Crippen LogP contribution in [0.2, 0.25) is 0 Å². The lowest BCUT2D eigenvalue weighted by Crippen LogP contribution is -2.36. The normalized spacial score (nSPS) is 12.9. The number of aliphatic carboxylic acids is 1. The highest BCUT2D eigenvalue weighted by atomic mass is 79.9. The minimum absolute atomic E-state index is 0.133. The van der Waals surface area contributed by atoms with E-state index in [1.54, 1.807) is 13.0 Å². The summed E-state index contributed by atoms with van der Waals surface area (Å²) in [5.74, 6) is -1.36. The van der Waals surface area contributed by atoms with E-state index in [4.69, 9.17) is 14.9 Å². The third kappa shape index (κ3) is 4.44. The zero-order valence-corrected chi connectivity index (χ0v) is 12.9. The van der Waals surface area contributed by atoms with Crippen molar-refractivity contribution in [1.29, 1.82) is 0 Å². The number of carboxylic acid groups (broad SMARTS) is 1. The SMILES string of the molecule is CCOc1ccc(Br)cc1S(=O)(=O)NC[C@H](O)C(=O)O. The van der Waals surface area contributed by atoms with E-state index in [2.05, 4.69) is 15.9 Å². The fourth-order valence-electron chi connectivity index (χ4n) is 1.32. The molecule has 1 atom stereocenters. The van der Waals surface area contributed by atoms with Gasteiger partial charge in [-0.05, 0) is 25.1 Å². The van der Waals surface area contributed by atoms with E-state index in [-0.39, 0.29) is 17.3 Å². The second kappa shape index (κ2) is 7.02. The van der Waals surface area contributed by atoms with Crippen molar-refractivity contribution in [3.63, 3.8) is 0 Å². The minimum Gasteiger partial charge on any atom is -0.492 e. The van der Waals surface area contributed by atoms with E-state index in [1.807, 2.05) is 4.72 Å². The molecular formula is C11H14BrNO6S. The van der Waals surface area contributed by atoms with Crippen molar-refractivity contribution in [1.82, 2.24) is 4.72 Å². The Morgan fingerprint density at radius 3 is 2.70 bits per heavy atom. The molecule has 0 saturated heterocycles. The van der Waals surface area contributed by atoms with Crippen LogP contribution in [0, 0.1) is 0 Å². The van der Waals surface area contributed by atoms with Crippen molar-refractivity contribution in [2.24, 2.45) is 0 Å². The molecule has 0 fully saturated rings. The lowest BCUT2D eigenvalue weighted by Gasteiger charge is -2.13. The van der Waals surface area contributed by atoms with Gasteiger partial charge in [0.25, 0.3) is 0 Å². The summed E-state index contributed by atoms with van der Waals surface area (Å²) in [6.45, 7) is 1.36. The number of sulfonamides is 1. The lowest BCUT2D eigenvalue weighted by atomic mass is 10.3. The highest BCUT2D eigenvalue weighted by Crippen LogP contribution is 2.27. The van der Waals surface area contributed by atoms with Crippen molar-refractivity contribution in [2.45, 2.75) is 17.9 Å². The molecule has 0 radical (unpaired) electrons. The summed E-state index contributed by atoms with van der Waals surface area (Å²) in [7, 11) is -3.99. The van der Waals surface area contributed by atoms with Gasteiger partial charge in [0.2, 0.25) is 10.0 Å². The summed E-state index contributed by atoms with van der Waals surface area (Å²) in [4.78, 5) is 10.3. The highest BCUT2D eigenvalue weighted by molar-refractivity contribution is 9.10. The number of hydrogen-bond acceptors (Lipinski definition) is 5. The van der Waals surface area contributed by atoms with Gasteiger partial charge in [0.15, 0.2) is 6.10 Å². The number of benzene rings is 1. The number of aliphatic hydroxyl groups is 1. The molecule has 0 aromatic heterocycles. The molecule has 0 bridgehead atoms. The Balaban J connectivity index is 3.02. The summed E-state index contributed by atoms with van der Waals surface area (Å²) in [6.07, 6.45) is -1.81. The van der Waals surface area contributed by atoms with Gasteiger partial charge >= 0.3 is 5.97 Å². The molecule has 9 heteroatoms. The maximum Gasteiger partial charge on any atom is 0.333 e. The second-order valence-electron chi connectivity index (χ2n) is 3.73. The summed E-state index contributed by atoms with van der Waals surface area (Å²) in [5, 5.41) is 17.6. The average Bonchev–Trinajstić information content (AvgIpc) is 2.38. The van der Waals surface area contributed by atoms with Crippen LogP contribution < -0.4 is 9.46 Å². The summed E-state index contributed by atoms with van der Waals surface area (Å²) in [6, 6.07) is 4.44. The molecule has 1 aromatic rings. The average molecular weight is 368 g/mol. The van der Waals surface area contributed by atoms with E-state index in [0.717, 1.165) is 0 Å². The number of carboxylic acids is 1. The smallest absolute Gasteiger partial charge is 0.333 e. The molecule has 0 heterocycles. The molecule has 0 amide bonds. The predicted octanol–water partition coefficient (Wildman–Crippen LogP) is 0.572. The minimum atomic E-state index is -3.99. The van der Waals surface area contributed by atoms with Gasteiger partial charge in [-0.3, -0.25) is 0 Å². The van der Waals surface area contributed by atoms with Crippen LogP contribution >= 0.6 is 15.9 Å². The number of nitrogens with one attached hydrogen (secondary N) is 1. The van der Waals surface area contributed by atoms with Crippen molar-refractivity contribution < 1.29 is 28.2 Å². The molecule has 0 unspecified atom stereocenters. The van der Waals surface area contributed by atoms with Crippen LogP contribution in [0.4, 0.5) is 0 Å². The Morgan fingerprint density at radius 1 is 1.50 bits per heavy atom. The van der Waals surface area contributed by atoms with Crippen molar-refractivity contribution >= 4 is 31.9 Å². The standard InChI is InChI=1S/C11H14BrNO6S/c1-2-19-9-4-3-7(12)5-10(9)20(17,18)13-6-8(14)11(15)16/h3-5,8,13-14H,2,6H2,1H3,(H,15,16)/t8-/m0/s1. The number of halogens is 1. The van der Waals surface area contributed by atoms with E-state index >= 15 is 0 Å². The van der Waals surface area contributed by atoms with Crippen molar-refractivity contribution in [3.05, 3.63) is 22.7 Å². The van der Waals surface area contributed by atoms with E-state index in [1.165, 1.54) is 12.1 Å². The number of aliphatic hydroxyl groups excluding tert-OH is 1. The van der Waals surface area contributed by atoms with Crippen molar-refractivity contribution in [3.8, 4) is 5.75 Å². The molecule has 3 N–H and O–H groups in total. The molecule has 20 heavy (non-hydrogen) atoms. The number of hydrogen-bond donors (Lipinski definition) is 3. The molecule has 0 aliphatic carbocycles. The molecule has 0 spiro atoms. The highest BCUT2D eigenvalue weighted by Gasteiger charge is 2.23. The van der Waals surface area contributed by atoms with Gasteiger partial charge in [0.05, 0.1) is 6.61 Å². The van der Waals surface area contributed by atoms with Gasteiger partial charge in [-0.1, -0.05) is 15.9 Å². The van der Waals surface area contributed by atoms with E-state index in [0.29, 0.717) is 4.47 Å². The quantitative estimate of drug-likeness (QED) is 0.649. The second-order valence-corrected chi connectivity index (χ2v) is 6.38. The third-order valence-corrected chi connectivity index (χ3v) is 4.18. The van der Waals surface area contributed by atoms with Gasteiger partial charge in [-0.2, -0.15) is 0 Å². The van der Waals surface area contributed by atoms with Crippen LogP contribution in [0.15, 0.2) is 27.6 Å². The monoisotopic (exact) mass is 367 g/mol. The van der Waals surface area contributed by atoms with Crippen LogP contribution in [-0.2, 0) is 14.8 Å². The predicted molar refractivity (Wildman–Crippen MR) is 74.1 cm³/mol. The first kappa shape index (κ1) is 16.9. The fraction of sp³-hybridized carbons (Fsp3) is 0.364. The molecule has 0 aliphatic heterocycles. The first-order valence-electron chi connectivity index (χ1n) is 5.60. The molecule has 0 aliphatic rings. The Labute approximate surface area is 124 Å². The Kier molecular flexibility index (Phi) is 5.93. The fourth-order valence-corrected chi connectivity index (χ4v) is 3.04. The van der Waals surface area contributed by atoms with E-state index < -0.39 is 28.6 Å². The lowest BCUT2D eigenvalue weighted by molar-refractivity contribution is -0.146. The zero-order valence-electron chi connectivity index (χ0n) is 10.5. The van der Waals surface area contributed by atoms with Crippen LogP contribution in [0.5, 0.6) is 5.75 Å². The van der Waals surface area contributed by atoms with Crippen LogP contribution in [-0.4, -0.2) is 43.9 Å². The first-order valence-corrected chi connectivity index (χ1v) is 7.88. The summed E-state index contributed by atoms with van der Waals surface area (Å²) < 4.78 is 31.9. The van der Waals surface area contributed by atoms with E-state index in [9.17, 15) is 13.2 Å². The topological polar surface area (TPSA) is 113 Å².